The van der Waals surface area contributed by atoms with Crippen LogP contribution in [0, 0.1) is 0 Å². The molecule has 0 saturated carbocycles. The monoisotopic (exact) mass is 541 g/mol. The van der Waals surface area contributed by atoms with Gasteiger partial charge in [-0.3, -0.25) is 19.2 Å². The number of carbonyl (C=O) groups excluding carboxylic acids is 2. The number of hydrogen-bond donors (Lipinski definition) is 2. The first kappa shape index (κ1) is 31.3. The number of carboxylic acids is 2. The molecule has 0 heterocycles. The van der Waals surface area contributed by atoms with Crippen molar-refractivity contribution >= 4 is 23.6 Å². The van der Waals surface area contributed by atoms with Gasteiger partial charge in [0.2, 0.25) is 5.78 Å². The highest BCUT2D eigenvalue weighted by Gasteiger charge is 2.26. The molecule has 0 saturated heterocycles. The summed E-state index contributed by atoms with van der Waals surface area (Å²) < 4.78 is 11.4. The van der Waals surface area contributed by atoms with Gasteiger partial charge in [-0.05, 0) is 49.2 Å². The van der Waals surface area contributed by atoms with Crippen molar-refractivity contribution in [3.05, 3.63) is 60.2 Å². The van der Waals surface area contributed by atoms with E-state index in [9.17, 15) is 19.2 Å². The lowest BCUT2D eigenvalue weighted by atomic mass is 10.1. The van der Waals surface area contributed by atoms with Gasteiger partial charge < -0.3 is 24.6 Å². The maximum atomic E-state index is 12.4. The van der Waals surface area contributed by atoms with Gasteiger partial charge in [-0.25, -0.2) is 0 Å². The van der Waals surface area contributed by atoms with Crippen LogP contribution in [0.3, 0.4) is 0 Å². The van der Waals surface area contributed by atoms with Crippen LogP contribution in [-0.2, 0) is 14.4 Å². The smallest absolute Gasteiger partial charge is 0.323 e. The average molecular weight is 542 g/mol. The summed E-state index contributed by atoms with van der Waals surface area (Å²) in [5.41, 5.74) is 0.0358. The molecule has 2 aromatic rings. The van der Waals surface area contributed by atoms with Crippen LogP contribution in [0.5, 0.6) is 11.5 Å². The molecule has 0 unspecified atom stereocenters. The summed E-state index contributed by atoms with van der Waals surface area (Å²) in [5, 5.41) is 17.7. The molecule has 2 N–H and O–H groups in total. The normalized spacial score (nSPS) is 10.6. The molecule has 0 spiro atoms. The van der Waals surface area contributed by atoms with E-state index < -0.39 is 36.7 Å². The van der Waals surface area contributed by atoms with E-state index in [4.69, 9.17) is 19.7 Å². The fraction of sp³-hybridized carbons (Fsp3) is 0.467. The van der Waals surface area contributed by atoms with Crippen molar-refractivity contribution in [3.63, 3.8) is 0 Å². The molecule has 2 aromatic carbocycles. The van der Waals surface area contributed by atoms with Crippen LogP contribution in [0.1, 0.15) is 74.6 Å². The molecule has 0 bridgehead atoms. The highest BCUT2D eigenvalue weighted by atomic mass is 16.5. The van der Waals surface area contributed by atoms with E-state index in [-0.39, 0.29) is 5.56 Å². The van der Waals surface area contributed by atoms with Crippen LogP contribution < -0.4 is 9.47 Å². The molecule has 9 heteroatoms. The summed E-state index contributed by atoms with van der Waals surface area (Å²) in [6.45, 7) is -0.425. The number of amides is 1. The molecule has 0 aliphatic carbocycles. The summed E-state index contributed by atoms with van der Waals surface area (Å²) >= 11 is 0. The van der Waals surface area contributed by atoms with Gasteiger partial charge in [0.05, 0.1) is 13.2 Å². The van der Waals surface area contributed by atoms with Crippen molar-refractivity contribution in [2.75, 3.05) is 26.3 Å². The molecule has 0 aromatic heterocycles. The van der Waals surface area contributed by atoms with E-state index >= 15 is 0 Å². The van der Waals surface area contributed by atoms with E-state index in [1.807, 2.05) is 30.3 Å². The fourth-order valence-corrected chi connectivity index (χ4v) is 4.01. The van der Waals surface area contributed by atoms with E-state index in [0.29, 0.717) is 17.3 Å². The number of ketones is 1. The van der Waals surface area contributed by atoms with Crippen molar-refractivity contribution in [3.8, 4) is 11.5 Å². The van der Waals surface area contributed by atoms with Crippen molar-refractivity contribution in [2.24, 2.45) is 0 Å². The zero-order valence-electron chi connectivity index (χ0n) is 22.4. The molecule has 0 atom stereocenters. The highest BCUT2D eigenvalue weighted by molar-refractivity contribution is 6.43. The Balaban J connectivity index is 1.50. The first-order valence-corrected chi connectivity index (χ1v) is 13.5. The second-order valence-electron chi connectivity index (χ2n) is 9.35. The lowest BCUT2D eigenvalue weighted by molar-refractivity contribution is -0.147. The summed E-state index contributed by atoms with van der Waals surface area (Å²) in [4.78, 5) is 46.9. The molecular formula is C30H39NO8. The third kappa shape index (κ3) is 13.5. The number of aliphatic carboxylic acids is 2. The van der Waals surface area contributed by atoms with Crippen molar-refractivity contribution in [1.29, 1.82) is 0 Å². The number of para-hydroxylation sites is 1. The molecule has 39 heavy (non-hydrogen) atoms. The minimum Gasteiger partial charge on any atom is -0.494 e. The molecular weight excluding hydrogens is 502 g/mol. The van der Waals surface area contributed by atoms with Crippen molar-refractivity contribution in [2.45, 2.75) is 64.2 Å². The Labute approximate surface area is 229 Å². The Hall–Kier alpha value is -3.88. The molecule has 1 amide bonds. The molecule has 0 radical (unpaired) electrons. The average Bonchev–Trinajstić information content (AvgIpc) is 2.92. The van der Waals surface area contributed by atoms with Gasteiger partial charge in [-0.15, -0.1) is 0 Å². The lowest BCUT2D eigenvalue weighted by Crippen LogP contribution is -2.43. The number of carbonyl (C=O) groups is 4. The van der Waals surface area contributed by atoms with Gasteiger partial charge in [-0.1, -0.05) is 69.6 Å². The number of hydrogen-bond acceptors (Lipinski definition) is 6. The van der Waals surface area contributed by atoms with Gasteiger partial charge in [0.15, 0.2) is 0 Å². The lowest BCUT2D eigenvalue weighted by Gasteiger charge is -2.17. The number of benzene rings is 2. The summed E-state index contributed by atoms with van der Waals surface area (Å²) in [6.07, 6.45) is 11.7. The Bertz CT molecular complexity index is 1010. The predicted molar refractivity (Wildman–Crippen MR) is 146 cm³/mol. The number of ether oxygens (including phenoxy) is 2. The standard InChI is InChI=1S/C30H39NO8/c32-27(33)22-31(23-28(34)35)30(37)29(36)24-16-18-26(19-17-24)39-21-13-8-6-4-2-1-3-5-7-12-20-38-25-14-10-9-11-15-25/h9-11,14-19H,1-8,12-13,20-23H2,(H,32,33)(H,34,35). The maximum absolute atomic E-state index is 12.4. The highest BCUT2D eigenvalue weighted by Crippen LogP contribution is 2.16. The SMILES string of the molecule is O=C(O)CN(CC(=O)O)C(=O)C(=O)c1ccc(OCCCCCCCCCCCCOc2ccccc2)cc1. The number of nitrogens with zero attached hydrogens (tertiary/aromatic N) is 1. The second-order valence-corrected chi connectivity index (χ2v) is 9.35. The van der Waals surface area contributed by atoms with Crippen LogP contribution in [0.2, 0.25) is 0 Å². The third-order valence-corrected chi connectivity index (χ3v) is 6.07. The van der Waals surface area contributed by atoms with Gasteiger partial charge in [0.1, 0.15) is 24.6 Å². The first-order chi connectivity index (χ1) is 18.9. The predicted octanol–water partition coefficient (Wildman–Crippen LogP) is 5.23. The van der Waals surface area contributed by atoms with E-state index in [1.165, 1.54) is 50.7 Å². The van der Waals surface area contributed by atoms with Gasteiger partial charge >= 0.3 is 11.9 Å². The molecule has 0 aliphatic rings. The zero-order valence-corrected chi connectivity index (χ0v) is 22.4. The number of carboxylic acid groups (broad SMARTS) is 2. The summed E-state index contributed by atoms with van der Waals surface area (Å²) in [6, 6.07) is 15.8. The molecule has 0 fully saturated rings. The van der Waals surface area contributed by atoms with Gasteiger partial charge in [0.25, 0.3) is 5.91 Å². The van der Waals surface area contributed by atoms with Crippen LogP contribution in [0.4, 0.5) is 0 Å². The molecule has 9 nitrogen and oxygen atoms in total. The van der Waals surface area contributed by atoms with Gasteiger partial charge in [-0.2, -0.15) is 0 Å². The minimum absolute atomic E-state index is 0.0358. The molecule has 0 aliphatic heterocycles. The van der Waals surface area contributed by atoms with E-state index in [1.54, 1.807) is 12.1 Å². The number of Topliss-reactive ketones (excluding diaryl/α,β-unsaturated/α-hetero) is 1. The largest absolute Gasteiger partial charge is 0.494 e. The van der Waals surface area contributed by atoms with Crippen molar-refractivity contribution in [1.82, 2.24) is 4.90 Å². The quantitative estimate of drug-likeness (QED) is 0.125. The topological polar surface area (TPSA) is 130 Å². The van der Waals surface area contributed by atoms with E-state index in [2.05, 4.69) is 0 Å². The van der Waals surface area contributed by atoms with Crippen LogP contribution in [0.25, 0.3) is 0 Å². The number of rotatable bonds is 21. The van der Waals surface area contributed by atoms with E-state index in [0.717, 1.165) is 38.0 Å². The Morgan fingerprint density at radius 1 is 0.564 bits per heavy atom. The summed E-state index contributed by atoms with van der Waals surface area (Å²) in [5.74, 6) is -3.47. The van der Waals surface area contributed by atoms with Crippen LogP contribution in [-0.4, -0.2) is 65.0 Å². The zero-order chi connectivity index (χ0) is 28.3. The Morgan fingerprint density at radius 2 is 0.974 bits per heavy atom. The van der Waals surface area contributed by atoms with Crippen LogP contribution in [0.15, 0.2) is 54.6 Å². The van der Waals surface area contributed by atoms with Crippen molar-refractivity contribution < 1.29 is 38.9 Å². The molecule has 2 rings (SSSR count). The molecule has 212 valence electrons. The second kappa shape index (κ2) is 18.4. The number of unbranched alkanes of at least 4 members (excludes halogenated alkanes) is 9. The minimum atomic E-state index is -1.40. The van der Waals surface area contributed by atoms with Crippen LogP contribution >= 0.6 is 0 Å². The fourth-order valence-electron chi connectivity index (χ4n) is 4.01. The third-order valence-electron chi connectivity index (χ3n) is 6.07. The maximum Gasteiger partial charge on any atom is 0.323 e. The van der Waals surface area contributed by atoms with Gasteiger partial charge in [0, 0.05) is 5.56 Å². The summed E-state index contributed by atoms with van der Waals surface area (Å²) in [7, 11) is 0. The Kier molecular flexibility index (Phi) is 14.8. The Morgan fingerprint density at radius 3 is 1.41 bits per heavy atom. The first-order valence-electron chi connectivity index (χ1n) is 13.5.